The van der Waals surface area contributed by atoms with Crippen molar-refractivity contribution in [3.63, 3.8) is 0 Å². The van der Waals surface area contributed by atoms with Crippen molar-refractivity contribution in [3.05, 3.63) is 46.9 Å². The molecule has 71 valence electrons. The fourth-order valence-electron chi connectivity index (χ4n) is 1.44. The Kier molecular flexibility index (Phi) is 2.33. The molecule has 0 fully saturated rings. The molecular formula is C11H10NO2. The van der Waals surface area contributed by atoms with Crippen molar-refractivity contribution in [3.8, 4) is 0 Å². The maximum Gasteiger partial charge on any atom is 0.258 e. The number of aliphatic hydroxyl groups is 1. The number of fused-ring (bicyclic) bond motifs is 1. The van der Waals surface area contributed by atoms with Gasteiger partial charge in [-0.1, -0.05) is 12.1 Å². The molecule has 1 N–H and O–H groups in total. The van der Waals surface area contributed by atoms with E-state index in [1.807, 2.05) is 6.07 Å². The van der Waals surface area contributed by atoms with Crippen molar-refractivity contribution in [2.75, 3.05) is 6.61 Å². The fourth-order valence-corrected chi connectivity index (χ4v) is 1.44. The van der Waals surface area contributed by atoms with Gasteiger partial charge in [0.25, 0.3) is 5.56 Å². The Balaban J connectivity index is 2.69. The van der Waals surface area contributed by atoms with Gasteiger partial charge in [0.05, 0.1) is 6.61 Å². The van der Waals surface area contributed by atoms with Crippen molar-refractivity contribution >= 4 is 10.8 Å². The minimum absolute atomic E-state index is 0.0258. The standard InChI is InChI=1S/C11H10NO2/c13-8-7-12-6-5-9-3-1-2-4-10(9)11(12)14/h1-2,4-6,13H,7-8H2. The zero-order chi connectivity index (χ0) is 9.97. The molecule has 14 heavy (non-hydrogen) atoms. The molecule has 0 spiro atoms. The molecule has 0 aliphatic carbocycles. The van der Waals surface area contributed by atoms with E-state index in [-0.39, 0.29) is 12.2 Å². The van der Waals surface area contributed by atoms with Gasteiger partial charge >= 0.3 is 0 Å². The number of rotatable bonds is 2. The molecule has 2 rings (SSSR count). The summed E-state index contributed by atoms with van der Waals surface area (Å²) >= 11 is 0. The number of pyridine rings is 1. The van der Waals surface area contributed by atoms with E-state index in [4.69, 9.17) is 5.11 Å². The first kappa shape index (κ1) is 8.97. The summed E-state index contributed by atoms with van der Waals surface area (Å²) in [5.41, 5.74) is -0.0756. The minimum atomic E-state index is -0.0756. The largest absolute Gasteiger partial charge is 0.395 e. The average Bonchev–Trinajstić information content (AvgIpc) is 2.23. The Labute approximate surface area is 81.2 Å². The molecule has 0 unspecified atom stereocenters. The zero-order valence-corrected chi connectivity index (χ0v) is 7.60. The van der Waals surface area contributed by atoms with E-state index >= 15 is 0 Å². The third-order valence-corrected chi connectivity index (χ3v) is 2.14. The van der Waals surface area contributed by atoms with Crippen LogP contribution in [0.3, 0.4) is 0 Å². The Bertz CT molecular complexity index is 502. The maximum atomic E-state index is 11.8. The number of nitrogens with zero attached hydrogens (tertiary/aromatic N) is 1. The number of benzene rings is 1. The lowest BCUT2D eigenvalue weighted by Gasteiger charge is -2.04. The molecule has 0 bridgehead atoms. The Hall–Kier alpha value is -1.61. The second kappa shape index (κ2) is 3.64. The van der Waals surface area contributed by atoms with Crippen molar-refractivity contribution in [1.29, 1.82) is 0 Å². The van der Waals surface area contributed by atoms with E-state index in [1.165, 1.54) is 4.57 Å². The first-order valence-corrected chi connectivity index (χ1v) is 4.43. The molecule has 0 saturated heterocycles. The van der Waals surface area contributed by atoms with Gasteiger partial charge in [-0.25, -0.2) is 0 Å². The molecule has 0 aliphatic heterocycles. The van der Waals surface area contributed by atoms with Crippen LogP contribution in [0.4, 0.5) is 0 Å². The highest BCUT2D eigenvalue weighted by Gasteiger charge is 2.00. The molecule has 1 heterocycles. The van der Waals surface area contributed by atoms with Gasteiger partial charge in [0.15, 0.2) is 0 Å². The van der Waals surface area contributed by atoms with E-state index in [0.717, 1.165) is 5.39 Å². The van der Waals surface area contributed by atoms with E-state index in [1.54, 1.807) is 24.4 Å². The Morgan fingerprint density at radius 1 is 1.43 bits per heavy atom. The summed E-state index contributed by atoms with van der Waals surface area (Å²) in [6, 6.07) is 10.1. The zero-order valence-electron chi connectivity index (χ0n) is 7.60. The van der Waals surface area contributed by atoms with Crippen LogP contribution in [0.1, 0.15) is 0 Å². The first-order chi connectivity index (χ1) is 6.83. The maximum absolute atomic E-state index is 11.8. The fraction of sp³-hybridized carbons (Fsp3) is 0.182. The highest BCUT2D eigenvalue weighted by atomic mass is 16.3. The second-order valence-electron chi connectivity index (χ2n) is 3.04. The first-order valence-electron chi connectivity index (χ1n) is 4.43. The lowest BCUT2D eigenvalue weighted by atomic mass is 10.2. The van der Waals surface area contributed by atoms with Crippen LogP contribution in [0, 0.1) is 6.07 Å². The summed E-state index contributed by atoms with van der Waals surface area (Å²) in [7, 11) is 0. The number of aromatic nitrogens is 1. The summed E-state index contributed by atoms with van der Waals surface area (Å²) < 4.78 is 1.50. The third-order valence-electron chi connectivity index (χ3n) is 2.14. The normalized spacial score (nSPS) is 10.6. The SMILES string of the molecule is O=c1c2ccc[c]c2ccn1CCO. The van der Waals surface area contributed by atoms with Crippen molar-refractivity contribution in [1.82, 2.24) is 4.57 Å². The molecule has 1 aromatic carbocycles. The van der Waals surface area contributed by atoms with Gasteiger partial charge in [0.1, 0.15) is 0 Å². The molecular weight excluding hydrogens is 178 g/mol. The van der Waals surface area contributed by atoms with Crippen LogP contribution in [0.5, 0.6) is 0 Å². The van der Waals surface area contributed by atoms with Crippen molar-refractivity contribution < 1.29 is 5.11 Å². The van der Waals surface area contributed by atoms with Gasteiger partial charge in [0, 0.05) is 18.1 Å². The average molecular weight is 188 g/mol. The Morgan fingerprint density at radius 3 is 3.07 bits per heavy atom. The van der Waals surface area contributed by atoms with Crippen LogP contribution in [0.25, 0.3) is 10.8 Å². The van der Waals surface area contributed by atoms with Gasteiger partial charge in [-0.15, -0.1) is 0 Å². The van der Waals surface area contributed by atoms with E-state index in [0.29, 0.717) is 11.9 Å². The highest BCUT2D eigenvalue weighted by molar-refractivity contribution is 5.80. The molecule has 0 atom stereocenters. The van der Waals surface area contributed by atoms with Crippen LogP contribution < -0.4 is 5.56 Å². The summed E-state index contributed by atoms with van der Waals surface area (Å²) in [5, 5.41) is 10.2. The number of hydrogen-bond donors (Lipinski definition) is 1. The third kappa shape index (κ3) is 1.42. The smallest absolute Gasteiger partial charge is 0.258 e. The summed E-state index contributed by atoms with van der Waals surface area (Å²) in [5.74, 6) is 0. The summed E-state index contributed by atoms with van der Waals surface area (Å²) in [6.07, 6.45) is 1.68. The molecule has 3 heteroatoms. The van der Waals surface area contributed by atoms with Crippen molar-refractivity contribution in [2.24, 2.45) is 0 Å². The van der Waals surface area contributed by atoms with Gasteiger partial charge in [-0.2, -0.15) is 0 Å². The van der Waals surface area contributed by atoms with Crippen LogP contribution in [0.15, 0.2) is 35.3 Å². The van der Waals surface area contributed by atoms with Crippen LogP contribution in [0.2, 0.25) is 0 Å². The summed E-state index contributed by atoms with van der Waals surface area (Å²) in [4.78, 5) is 11.8. The van der Waals surface area contributed by atoms with E-state index < -0.39 is 0 Å². The molecule has 0 saturated carbocycles. The lowest BCUT2D eigenvalue weighted by Crippen LogP contribution is -2.20. The van der Waals surface area contributed by atoms with Crippen LogP contribution in [-0.4, -0.2) is 16.3 Å². The van der Waals surface area contributed by atoms with E-state index in [2.05, 4.69) is 6.07 Å². The Morgan fingerprint density at radius 2 is 2.29 bits per heavy atom. The minimum Gasteiger partial charge on any atom is -0.395 e. The predicted molar refractivity (Wildman–Crippen MR) is 54.1 cm³/mol. The second-order valence-corrected chi connectivity index (χ2v) is 3.04. The van der Waals surface area contributed by atoms with Gasteiger partial charge in [0.2, 0.25) is 0 Å². The summed E-state index contributed by atoms with van der Waals surface area (Å²) in [6.45, 7) is 0.311. The monoisotopic (exact) mass is 188 g/mol. The highest BCUT2D eigenvalue weighted by Crippen LogP contribution is 2.06. The van der Waals surface area contributed by atoms with Crippen LogP contribution >= 0.6 is 0 Å². The van der Waals surface area contributed by atoms with Crippen LogP contribution in [-0.2, 0) is 6.54 Å². The predicted octanol–water partition coefficient (Wildman–Crippen LogP) is 0.794. The lowest BCUT2D eigenvalue weighted by molar-refractivity contribution is 0.274. The molecule has 2 aromatic rings. The molecule has 0 aliphatic rings. The molecule has 1 aromatic heterocycles. The molecule has 1 radical (unpaired) electrons. The number of hydrogen-bond acceptors (Lipinski definition) is 2. The molecule has 0 amide bonds. The van der Waals surface area contributed by atoms with Gasteiger partial charge in [-0.3, -0.25) is 4.79 Å². The van der Waals surface area contributed by atoms with E-state index in [9.17, 15) is 4.79 Å². The van der Waals surface area contributed by atoms with Gasteiger partial charge in [-0.05, 0) is 23.6 Å². The van der Waals surface area contributed by atoms with Crippen molar-refractivity contribution in [2.45, 2.75) is 6.54 Å². The number of aliphatic hydroxyl groups excluding tert-OH is 1. The molecule has 3 nitrogen and oxygen atoms in total. The quantitative estimate of drug-likeness (QED) is 0.757. The van der Waals surface area contributed by atoms with Gasteiger partial charge < -0.3 is 9.67 Å². The topological polar surface area (TPSA) is 42.2 Å².